The number of anilines is 1. The largest absolute Gasteiger partial charge is 0.417 e. The van der Waals surface area contributed by atoms with Gasteiger partial charge in [0.05, 0.1) is 23.2 Å². The molecule has 0 aromatic carbocycles. The van der Waals surface area contributed by atoms with E-state index in [-0.39, 0.29) is 17.4 Å². The molecular formula is C12H14ClF3N2O3. The van der Waals surface area contributed by atoms with Crippen LogP contribution in [0.25, 0.3) is 0 Å². The van der Waals surface area contributed by atoms with E-state index in [9.17, 15) is 18.3 Å². The van der Waals surface area contributed by atoms with Crippen LogP contribution in [0.15, 0.2) is 12.3 Å². The lowest BCUT2D eigenvalue weighted by molar-refractivity contribution is -0.137. The lowest BCUT2D eigenvalue weighted by Gasteiger charge is -2.34. The third kappa shape index (κ3) is 3.76. The molecule has 0 bridgehead atoms. The SMILES string of the molecule is OC[C@H]1OCC[C@H](Nc2ncc(C(F)(F)F)cc2Cl)[C@@H]1O. The predicted octanol–water partition coefficient (Wildman–Crippen LogP) is 1.68. The van der Waals surface area contributed by atoms with Crippen molar-refractivity contribution in [2.45, 2.75) is 30.8 Å². The molecule has 0 radical (unpaired) electrons. The van der Waals surface area contributed by atoms with Crippen LogP contribution in [0.2, 0.25) is 5.02 Å². The second-order valence-corrected chi connectivity index (χ2v) is 5.08. The maximum Gasteiger partial charge on any atom is 0.417 e. The van der Waals surface area contributed by atoms with E-state index in [1.54, 1.807) is 0 Å². The lowest BCUT2D eigenvalue weighted by atomic mass is 10.00. The van der Waals surface area contributed by atoms with Crippen LogP contribution in [0.1, 0.15) is 12.0 Å². The molecule has 1 aromatic rings. The number of nitrogens with one attached hydrogen (secondary N) is 1. The Morgan fingerprint density at radius 2 is 2.19 bits per heavy atom. The first kappa shape index (κ1) is 16.3. The van der Waals surface area contributed by atoms with Crippen molar-refractivity contribution in [2.75, 3.05) is 18.5 Å². The van der Waals surface area contributed by atoms with Gasteiger partial charge in [0, 0.05) is 12.8 Å². The van der Waals surface area contributed by atoms with E-state index >= 15 is 0 Å². The summed E-state index contributed by atoms with van der Waals surface area (Å²) in [5, 5.41) is 21.6. The summed E-state index contributed by atoms with van der Waals surface area (Å²) in [6.45, 7) is -0.0499. The molecule has 2 rings (SSSR count). The van der Waals surface area contributed by atoms with Gasteiger partial charge < -0.3 is 20.3 Å². The Kier molecular flexibility index (Phi) is 4.92. The quantitative estimate of drug-likeness (QED) is 0.788. The summed E-state index contributed by atoms with van der Waals surface area (Å²) in [7, 11) is 0. The highest BCUT2D eigenvalue weighted by atomic mass is 35.5. The summed E-state index contributed by atoms with van der Waals surface area (Å²) >= 11 is 5.79. The van der Waals surface area contributed by atoms with Crippen LogP contribution in [-0.2, 0) is 10.9 Å². The average molecular weight is 327 g/mol. The van der Waals surface area contributed by atoms with Crippen LogP contribution in [0.3, 0.4) is 0 Å². The van der Waals surface area contributed by atoms with Crippen LogP contribution >= 0.6 is 11.6 Å². The monoisotopic (exact) mass is 326 g/mol. The fourth-order valence-electron chi connectivity index (χ4n) is 2.07. The third-order valence-corrected chi connectivity index (χ3v) is 3.51. The predicted molar refractivity (Wildman–Crippen MR) is 69.1 cm³/mol. The molecule has 3 atom stereocenters. The van der Waals surface area contributed by atoms with Gasteiger partial charge in [0.25, 0.3) is 0 Å². The van der Waals surface area contributed by atoms with Crippen LogP contribution in [0.5, 0.6) is 0 Å². The Balaban J connectivity index is 2.13. The van der Waals surface area contributed by atoms with Gasteiger partial charge in [0.1, 0.15) is 18.0 Å². The Morgan fingerprint density at radius 3 is 2.76 bits per heavy atom. The van der Waals surface area contributed by atoms with Gasteiger partial charge in [-0.2, -0.15) is 13.2 Å². The van der Waals surface area contributed by atoms with Crippen LogP contribution in [-0.4, -0.2) is 46.7 Å². The number of aliphatic hydroxyl groups is 2. The van der Waals surface area contributed by atoms with Crippen LogP contribution < -0.4 is 5.32 Å². The van der Waals surface area contributed by atoms with Crippen molar-refractivity contribution >= 4 is 17.4 Å². The maximum atomic E-state index is 12.5. The molecule has 1 aromatic heterocycles. The molecule has 0 aliphatic carbocycles. The highest BCUT2D eigenvalue weighted by Crippen LogP contribution is 2.33. The van der Waals surface area contributed by atoms with Crippen molar-refractivity contribution in [3.8, 4) is 0 Å². The van der Waals surface area contributed by atoms with Crippen LogP contribution in [0.4, 0.5) is 19.0 Å². The molecule has 1 aliphatic rings. The molecule has 0 spiro atoms. The Bertz CT molecular complexity index is 501. The minimum atomic E-state index is -4.52. The Hall–Kier alpha value is -1.09. The van der Waals surface area contributed by atoms with Crippen molar-refractivity contribution in [1.82, 2.24) is 4.98 Å². The fraction of sp³-hybridized carbons (Fsp3) is 0.583. The smallest absolute Gasteiger partial charge is 0.394 e. The topological polar surface area (TPSA) is 74.6 Å². The number of hydrogen-bond donors (Lipinski definition) is 3. The van der Waals surface area contributed by atoms with Gasteiger partial charge in [-0.1, -0.05) is 11.6 Å². The molecule has 0 saturated carbocycles. The van der Waals surface area contributed by atoms with Gasteiger partial charge in [-0.15, -0.1) is 0 Å². The maximum absolute atomic E-state index is 12.5. The second kappa shape index (κ2) is 6.35. The summed E-state index contributed by atoms with van der Waals surface area (Å²) in [6.07, 6.45) is -5.19. The number of halogens is 4. The zero-order chi connectivity index (χ0) is 15.6. The molecule has 118 valence electrons. The number of alkyl halides is 3. The van der Waals surface area contributed by atoms with E-state index < -0.39 is 30.0 Å². The first-order valence-corrected chi connectivity index (χ1v) is 6.60. The zero-order valence-electron chi connectivity index (χ0n) is 10.8. The Labute approximate surface area is 123 Å². The highest BCUT2D eigenvalue weighted by molar-refractivity contribution is 6.33. The fourth-order valence-corrected chi connectivity index (χ4v) is 2.29. The molecule has 1 saturated heterocycles. The van der Waals surface area contributed by atoms with Gasteiger partial charge in [-0.05, 0) is 12.5 Å². The van der Waals surface area contributed by atoms with Gasteiger partial charge in [-0.3, -0.25) is 0 Å². The van der Waals surface area contributed by atoms with Gasteiger partial charge in [0.2, 0.25) is 0 Å². The van der Waals surface area contributed by atoms with Gasteiger partial charge >= 0.3 is 6.18 Å². The Morgan fingerprint density at radius 1 is 1.48 bits per heavy atom. The minimum Gasteiger partial charge on any atom is -0.394 e. The number of nitrogens with zero attached hydrogens (tertiary/aromatic N) is 1. The third-order valence-electron chi connectivity index (χ3n) is 3.22. The van der Waals surface area contributed by atoms with Crippen molar-refractivity contribution in [1.29, 1.82) is 0 Å². The number of ether oxygens (including phenoxy) is 1. The van der Waals surface area contributed by atoms with E-state index in [4.69, 9.17) is 21.4 Å². The number of hydrogen-bond acceptors (Lipinski definition) is 5. The molecule has 2 heterocycles. The molecule has 3 N–H and O–H groups in total. The van der Waals surface area contributed by atoms with E-state index in [1.807, 2.05) is 0 Å². The summed E-state index contributed by atoms with van der Waals surface area (Å²) in [5.74, 6) is 0.0484. The average Bonchev–Trinajstić information content (AvgIpc) is 2.42. The van der Waals surface area contributed by atoms with Crippen molar-refractivity contribution < 1.29 is 28.1 Å². The highest BCUT2D eigenvalue weighted by Gasteiger charge is 2.34. The molecular weight excluding hydrogens is 313 g/mol. The molecule has 5 nitrogen and oxygen atoms in total. The first-order valence-electron chi connectivity index (χ1n) is 6.22. The first-order chi connectivity index (χ1) is 9.82. The standard InChI is InChI=1S/C12H14ClF3N2O3/c13-7-3-6(12(14,15)16)4-17-11(7)18-8-1-2-21-9(5-19)10(8)20/h3-4,8-10,19-20H,1-2,5H2,(H,17,18)/t8-,9+,10-/m0/s1. The van der Waals surface area contributed by atoms with Crippen molar-refractivity contribution in [3.05, 3.63) is 22.8 Å². The molecule has 0 unspecified atom stereocenters. The van der Waals surface area contributed by atoms with E-state index in [0.29, 0.717) is 19.2 Å². The molecule has 0 amide bonds. The normalized spacial score (nSPS) is 26.7. The molecule has 9 heteroatoms. The molecule has 1 aliphatic heterocycles. The number of aromatic nitrogens is 1. The van der Waals surface area contributed by atoms with Crippen LogP contribution in [0, 0.1) is 0 Å². The van der Waals surface area contributed by atoms with Gasteiger partial charge in [-0.25, -0.2) is 4.98 Å². The molecule has 21 heavy (non-hydrogen) atoms. The number of pyridine rings is 1. The summed E-state index contributed by atoms with van der Waals surface area (Å²) in [6, 6.07) is 0.254. The lowest BCUT2D eigenvalue weighted by Crippen LogP contribution is -2.49. The minimum absolute atomic E-state index is 0.0484. The van der Waals surface area contributed by atoms with E-state index in [0.717, 1.165) is 6.07 Å². The van der Waals surface area contributed by atoms with Crippen molar-refractivity contribution in [2.24, 2.45) is 0 Å². The molecule has 1 fully saturated rings. The number of aliphatic hydroxyl groups excluding tert-OH is 2. The summed E-state index contributed by atoms with van der Waals surface area (Å²) < 4.78 is 42.7. The summed E-state index contributed by atoms with van der Waals surface area (Å²) in [4.78, 5) is 3.65. The second-order valence-electron chi connectivity index (χ2n) is 4.67. The van der Waals surface area contributed by atoms with Gasteiger partial charge in [0.15, 0.2) is 0 Å². The van der Waals surface area contributed by atoms with E-state index in [2.05, 4.69) is 10.3 Å². The van der Waals surface area contributed by atoms with Crippen molar-refractivity contribution in [3.63, 3.8) is 0 Å². The number of rotatable bonds is 3. The van der Waals surface area contributed by atoms with E-state index in [1.165, 1.54) is 0 Å². The summed E-state index contributed by atoms with van der Waals surface area (Å²) in [5.41, 5.74) is -0.946. The zero-order valence-corrected chi connectivity index (χ0v) is 11.5.